The summed E-state index contributed by atoms with van der Waals surface area (Å²) in [6, 6.07) is 6.79. The molecule has 0 aliphatic rings. The Bertz CT molecular complexity index is 641. The third-order valence-corrected chi connectivity index (χ3v) is 5.29. The second-order valence-corrected chi connectivity index (χ2v) is 6.93. The van der Waals surface area contributed by atoms with Crippen LogP contribution in [0.4, 0.5) is 0 Å². The van der Waals surface area contributed by atoms with Gasteiger partial charge in [-0.05, 0) is 40.9 Å². The molecular formula is C13H16BrN3O2S. The molecule has 0 aliphatic heterocycles. The summed E-state index contributed by atoms with van der Waals surface area (Å²) in [5.74, 6) is 0. The standard InChI is InChI=1S/C13H16BrN3O2S/c14-12-5-1-2-6-13(12)20(18,19)16-7-3-4-9-17-10-8-15-11-17/h1-2,5-6,8,10-11,16H,3-4,7,9H2. The summed E-state index contributed by atoms with van der Waals surface area (Å²) in [4.78, 5) is 4.23. The van der Waals surface area contributed by atoms with Gasteiger partial charge in [0.05, 0.1) is 11.2 Å². The van der Waals surface area contributed by atoms with E-state index in [1.54, 1.807) is 36.8 Å². The lowest BCUT2D eigenvalue weighted by atomic mass is 10.3. The van der Waals surface area contributed by atoms with Gasteiger partial charge in [0.15, 0.2) is 0 Å². The van der Waals surface area contributed by atoms with Crippen LogP contribution in [-0.4, -0.2) is 24.5 Å². The first kappa shape index (κ1) is 15.2. The molecule has 0 atom stereocenters. The Kier molecular flexibility index (Phi) is 5.33. The van der Waals surface area contributed by atoms with Crippen molar-refractivity contribution in [3.05, 3.63) is 47.5 Å². The summed E-state index contributed by atoms with van der Waals surface area (Å²) >= 11 is 3.25. The predicted molar refractivity (Wildman–Crippen MR) is 80.8 cm³/mol. The minimum absolute atomic E-state index is 0.273. The van der Waals surface area contributed by atoms with Crippen LogP contribution in [0.1, 0.15) is 12.8 Å². The van der Waals surface area contributed by atoms with E-state index < -0.39 is 10.0 Å². The van der Waals surface area contributed by atoms with Gasteiger partial charge in [0, 0.05) is 30.0 Å². The number of halogens is 1. The molecule has 0 bridgehead atoms. The topological polar surface area (TPSA) is 64.0 Å². The highest BCUT2D eigenvalue weighted by atomic mass is 79.9. The zero-order chi connectivity index (χ0) is 14.4. The van der Waals surface area contributed by atoms with E-state index in [1.807, 2.05) is 10.8 Å². The van der Waals surface area contributed by atoms with Crippen LogP contribution in [0.5, 0.6) is 0 Å². The highest BCUT2D eigenvalue weighted by Gasteiger charge is 2.15. The van der Waals surface area contributed by atoms with E-state index in [4.69, 9.17) is 0 Å². The highest BCUT2D eigenvalue weighted by Crippen LogP contribution is 2.20. The molecule has 0 amide bonds. The van der Waals surface area contributed by atoms with Gasteiger partial charge in [0.1, 0.15) is 0 Å². The Morgan fingerprint density at radius 1 is 1.25 bits per heavy atom. The Labute approximate surface area is 127 Å². The fraction of sp³-hybridized carbons (Fsp3) is 0.308. The minimum atomic E-state index is -3.44. The van der Waals surface area contributed by atoms with E-state index in [0.29, 0.717) is 11.0 Å². The number of rotatable bonds is 7. The summed E-state index contributed by atoms with van der Waals surface area (Å²) in [5, 5.41) is 0. The van der Waals surface area contributed by atoms with Gasteiger partial charge in [-0.15, -0.1) is 0 Å². The molecule has 2 aromatic rings. The van der Waals surface area contributed by atoms with Crippen molar-refractivity contribution >= 4 is 26.0 Å². The number of unbranched alkanes of at least 4 members (excludes halogenated alkanes) is 1. The van der Waals surface area contributed by atoms with Crippen molar-refractivity contribution in [3.63, 3.8) is 0 Å². The third-order valence-electron chi connectivity index (χ3n) is 2.82. The molecule has 1 N–H and O–H groups in total. The molecule has 20 heavy (non-hydrogen) atoms. The van der Waals surface area contributed by atoms with E-state index in [0.717, 1.165) is 19.4 Å². The van der Waals surface area contributed by atoms with Crippen LogP contribution >= 0.6 is 15.9 Å². The number of hydrogen-bond acceptors (Lipinski definition) is 3. The maximum Gasteiger partial charge on any atom is 0.241 e. The fourth-order valence-electron chi connectivity index (χ4n) is 1.79. The van der Waals surface area contributed by atoms with E-state index in [-0.39, 0.29) is 4.90 Å². The van der Waals surface area contributed by atoms with Crippen molar-refractivity contribution in [3.8, 4) is 0 Å². The number of hydrogen-bond donors (Lipinski definition) is 1. The van der Waals surface area contributed by atoms with Crippen LogP contribution < -0.4 is 4.72 Å². The normalized spacial score (nSPS) is 11.7. The molecule has 108 valence electrons. The Balaban J connectivity index is 1.80. The lowest BCUT2D eigenvalue weighted by molar-refractivity contribution is 0.565. The summed E-state index contributed by atoms with van der Waals surface area (Å²) in [5.41, 5.74) is 0. The van der Waals surface area contributed by atoms with Crippen molar-refractivity contribution < 1.29 is 8.42 Å². The Morgan fingerprint density at radius 2 is 2.05 bits per heavy atom. The van der Waals surface area contributed by atoms with Crippen LogP contribution in [-0.2, 0) is 16.6 Å². The van der Waals surface area contributed by atoms with Gasteiger partial charge in [0.2, 0.25) is 10.0 Å². The molecule has 0 spiro atoms. The van der Waals surface area contributed by atoms with Gasteiger partial charge < -0.3 is 4.57 Å². The molecule has 0 radical (unpaired) electrons. The van der Waals surface area contributed by atoms with Crippen molar-refractivity contribution in [1.29, 1.82) is 0 Å². The average molecular weight is 358 g/mol. The molecule has 1 aromatic heterocycles. The van der Waals surface area contributed by atoms with Crippen LogP contribution in [0.3, 0.4) is 0 Å². The Morgan fingerprint density at radius 3 is 2.75 bits per heavy atom. The van der Waals surface area contributed by atoms with Crippen LogP contribution in [0, 0.1) is 0 Å². The van der Waals surface area contributed by atoms with Crippen molar-refractivity contribution in [2.75, 3.05) is 6.54 Å². The number of nitrogens with one attached hydrogen (secondary N) is 1. The van der Waals surface area contributed by atoms with Gasteiger partial charge in [-0.25, -0.2) is 18.1 Å². The highest BCUT2D eigenvalue weighted by molar-refractivity contribution is 9.10. The molecule has 1 aromatic carbocycles. The van der Waals surface area contributed by atoms with E-state index >= 15 is 0 Å². The number of aromatic nitrogens is 2. The SMILES string of the molecule is O=S(=O)(NCCCCn1ccnc1)c1ccccc1Br. The van der Waals surface area contributed by atoms with Crippen LogP contribution in [0.25, 0.3) is 0 Å². The van der Waals surface area contributed by atoms with Gasteiger partial charge in [-0.3, -0.25) is 0 Å². The summed E-state index contributed by atoms with van der Waals surface area (Å²) in [6.07, 6.45) is 7.06. The second-order valence-electron chi connectivity index (χ2n) is 4.34. The maximum absolute atomic E-state index is 12.1. The second kappa shape index (κ2) is 7.01. The zero-order valence-electron chi connectivity index (χ0n) is 10.9. The summed E-state index contributed by atoms with van der Waals surface area (Å²) in [7, 11) is -3.44. The Hall–Kier alpha value is -1.18. The van der Waals surface area contributed by atoms with Gasteiger partial charge in [0.25, 0.3) is 0 Å². The number of imidazole rings is 1. The molecule has 7 heteroatoms. The summed E-state index contributed by atoms with van der Waals surface area (Å²) in [6.45, 7) is 1.27. The number of nitrogens with zero attached hydrogens (tertiary/aromatic N) is 2. The van der Waals surface area contributed by atoms with Crippen molar-refractivity contribution in [1.82, 2.24) is 14.3 Å². The molecule has 0 saturated heterocycles. The minimum Gasteiger partial charge on any atom is -0.337 e. The fourth-order valence-corrected chi connectivity index (χ4v) is 3.86. The number of sulfonamides is 1. The molecule has 0 fully saturated rings. The molecule has 0 saturated carbocycles. The monoisotopic (exact) mass is 357 g/mol. The zero-order valence-corrected chi connectivity index (χ0v) is 13.3. The van der Waals surface area contributed by atoms with Gasteiger partial charge in [-0.1, -0.05) is 12.1 Å². The first-order chi connectivity index (χ1) is 9.59. The van der Waals surface area contributed by atoms with Crippen LogP contribution in [0.15, 0.2) is 52.4 Å². The first-order valence-electron chi connectivity index (χ1n) is 6.29. The lowest BCUT2D eigenvalue weighted by Crippen LogP contribution is -2.25. The van der Waals surface area contributed by atoms with E-state index in [9.17, 15) is 8.42 Å². The smallest absolute Gasteiger partial charge is 0.241 e. The number of aryl methyl sites for hydroxylation is 1. The maximum atomic E-state index is 12.1. The van der Waals surface area contributed by atoms with Crippen LogP contribution in [0.2, 0.25) is 0 Å². The number of benzene rings is 1. The molecule has 0 aliphatic carbocycles. The van der Waals surface area contributed by atoms with E-state index in [2.05, 4.69) is 25.6 Å². The molecular weight excluding hydrogens is 342 g/mol. The third kappa shape index (κ3) is 4.16. The van der Waals surface area contributed by atoms with Gasteiger partial charge in [-0.2, -0.15) is 0 Å². The van der Waals surface area contributed by atoms with Gasteiger partial charge >= 0.3 is 0 Å². The lowest BCUT2D eigenvalue weighted by Gasteiger charge is -2.08. The molecule has 1 heterocycles. The first-order valence-corrected chi connectivity index (χ1v) is 8.57. The quantitative estimate of drug-likeness (QED) is 0.773. The summed E-state index contributed by atoms with van der Waals surface area (Å²) < 4.78 is 29.3. The average Bonchev–Trinajstić information content (AvgIpc) is 2.91. The predicted octanol–water partition coefficient (Wildman–Crippen LogP) is 2.40. The molecule has 5 nitrogen and oxygen atoms in total. The molecule has 2 rings (SSSR count). The van der Waals surface area contributed by atoms with Crippen molar-refractivity contribution in [2.45, 2.75) is 24.3 Å². The van der Waals surface area contributed by atoms with E-state index in [1.165, 1.54) is 0 Å². The van der Waals surface area contributed by atoms with Crippen molar-refractivity contribution in [2.24, 2.45) is 0 Å². The molecule has 0 unspecified atom stereocenters. The largest absolute Gasteiger partial charge is 0.337 e.